The average molecular weight is 327 g/mol. The van der Waals surface area contributed by atoms with Crippen molar-refractivity contribution in [2.75, 3.05) is 6.61 Å². The molecule has 0 heterocycles. The normalized spacial score (nSPS) is 34.2. The van der Waals surface area contributed by atoms with Crippen molar-refractivity contribution in [3.8, 4) is 0 Å². The van der Waals surface area contributed by atoms with Gasteiger partial charge in [-0.25, -0.2) is 13.2 Å². The molecule has 1 nitrogen and oxygen atoms in total. The van der Waals surface area contributed by atoms with Crippen LogP contribution in [0.25, 0.3) is 0 Å². The highest BCUT2D eigenvalue weighted by Gasteiger charge is 2.74. The second kappa shape index (κ2) is 6.30. The highest BCUT2D eigenvalue weighted by Crippen LogP contribution is 2.54. The van der Waals surface area contributed by atoms with Crippen molar-refractivity contribution in [1.82, 2.24) is 0 Å². The van der Waals surface area contributed by atoms with Crippen LogP contribution >= 0.6 is 11.6 Å². The van der Waals surface area contributed by atoms with Crippen molar-refractivity contribution >= 4 is 11.6 Å². The molecule has 120 valence electrons. The molecule has 8 heteroatoms. The Morgan fingerprint density at radius 3 is 2.25 bits per heavy atom. The minimum absolute atomic E-state index is 0.128. The van der Waals surface area contributed by atoms with Crippen molar-refractivity contribution in [1.29, 1.82) is 0 Å². The van der Waals surface area contributed by atoms with Crippen molar-refractivity contribution in [2.45, 2.75) is 68.3 Å². The standard InChI is InChI=1S/C12H17ClF6O/c1-2-3-4-5-20-9-7-11(15,16)10(14,6-8(9)13)12(17,18)19/h8-9H,2-7H2,1H3/t8-,9-,10-/m1/s1. The summed E-state index contributed by atoms with van der Waals surface area (Å²) in [6.45, 7) is 2.06. The Hall–Kier alpha value is -0.170. The fraction of sp³-hybridized carbons (Fsp3) is 1.00. The molecule has 3 atom stereocenters. The molecule has 0 saturated heterocycles. The van der Waals surface area contributed by atoms with Gasteiger partial charge in [-0.3, -0.25) is 0 Å². The zero-order valence-corrected chi connectivity index (χ0v) is 11.7. The number of ether oxygens (including phenoxy) is 1. The van der Waals surface area contributed by atoms with E-state index in [1.165, 1.54) is 0 Å². The lowest BCUT2D eigenvalue weighted by Crippen LogP contribution is -2.62. The number of halogens is 7. The molecular weight excluding hydrogens is 310 g/mol. The first-order chi connectivity index (χ1) is 9.05. The van der Waals surface area contributed by atoms with E-state index in [1.807, 2.05) is 6.92 Å². The second-order valence-electron chi connectivity index (χ2n) is 5.04. The van der Waals surface area contributed by atoms with E-state index in [-0.39, 0.29) is 6.61 Å². The SMILES string of the molecule is CCCCCO[C@@H]1CC(F)(F)[C@@](F)(C(F)(F)F)C[C@H]1Cl. The van der Waals surface area contributed by atoms with Crippen molar-refractivity contribution < 1.29 is 31.1 Å². The van der Waals surface area contributed by atoms with Gasteiger partial charge in [-0.2, -0.15) is 13.2 Å². The Balaban J connectivity index is 2.72. The van der Waals surface area contributed by atoms with Gasteiger partial charge in [0, 0.05) is 19.4 Å². The summed E-state index contributed by atoms with van der Waals surface area (Å²) in [5.74, 6) is -4.54. The van der Waals surface area contributed by atoms with Gasteiger partial charge >= 0.3 is 6.18 Å². The molecule has 20 heavy (non-hydrogen) atoms. The molecule has 1 fully saturated rings. The lowest BCUT2D eigenvalue weighted by molar-refractivity contribution is -0.321. The first-order valence-electron chi connectivity index (χ1n) is 6.44. The Morgan fingerprint density at radius 2 is 1.75 bits per heavy atom. The van der Waals surface area contributed by atoms with E-state index < -0.39 is 42.1 Å². The summed E-state index contributed by atoms with van der Waals surface area (Å²) in [6.07, 6.45) is -7.48. The minimum Gasteiger partial charge on any atom is -0.376 e. The van der Waals surface area contributed by atoms with Gasteiger partial charge in [0.15, 0.2) is 0 Å². The van der Waals surface area contributed by atoms with Gasteiger partial charge in [-0.15, -0.1) is 11.6 Å². The molecule has 0 radical (unpaired) electrons. The second-order valence-corrected chi connectivity index (χ2v) is 5.60. The van der Waals surface area contributed by atoms with Crippen LogP contribution in [-0.4, -0.2) is 35.9 Å². The summed E-state index contributed by atoms with van der Waals surface area (Å²) in [5, 5.41) is -1.43. The molecule has 1 rings (SSSR count). The molecule has 0 aromatic heterocycles. The van der Waals surface area contributed by atoms with E-state index in [0.29, 0.717) is 6.42 Å². The smallest absolute Gasteiger partial charge is 0.376 e. The van der Waals surface area contributed by atoms with Crippen LogP contribution in [-0.2, 0) is 4.74 Å². The summed E-state index contributed by atoms with van der Waals surface area (Å²) >= 11 is 5.61. The van der Waals surface area contributed by atoms with Crippen molar-refractivity contribution in [3.63, 3.8) is 0 Å². The Bertz CT molecular complexity index is 322. The monoisotopic (exact) mass is 326 g/mol. The van der Waals surface area contributed by atoms with Gasteiger partial charge in [0.05, 0.1) is 11.5 Å². The van der Waals surface area contributed by atoms with E-state index in [0.717, 1.165) is 12.8 Å². The summed E-state index contributed by atoms with van der Waals surface area (Å²) in [4.78, 5) is 0. The molecule has 0 amide bonds. The largest absolute Gasteiger partial charge is 0.428 e. The zero-order valence-electron chi connectivity index (χ0n) is 11.0. The highest BCUT2D eigenvalue weighted by molar-refractivity contribution is 6.21. The molecule has 0 aromatic carbocycles. The summed E-state index contributed by atoms with van der Waals surface area (Å²) in [7, 11) is 0. The first-order valence-corrected chi connectivity index (χ1v) is 6.88. The quantitative estimate of drug-likeness (QED) is 0.398. The van der Waals surface area contributed by atoms with Gasteiger partial charge in [0.25, 0.3) is 11.6 Å². The predicted octanol–water partition coefficient (Wildman–Crippen LogP) is 4.87. The molecule has 0 bridgehead atoms. The van der Waals surface area contributed by atoms with Gasteiger partial charge in [-0.1, -0.05) is 19.8 Å². The average Bonchev–Trinajstić information content (AvgIpc) is 2.29. The number of rotatable bonds is 5. The number of unbranched alkanes of at least 4 members (excludes halogenated alkanes) is 2. The Morgan fingerprint density at radius 1 is 1.15 bits per heavy atom. The molecule has 1 aliphatic rings. The van der Waals surface area contributed by atoms with Crippen LogP contribution in [0.15, 0.2) is 0 Å². The maximum atomic E-state index is 13.7. The lowest BCUT2D eigenvalue weighted by Gasteiger charge is -2.43. The van der Waals surface area contributed by atoms with Crippen LogP contribution in [0.2, 0.25) is 0 Å². The van der Waals surface area contributed by atoms with Crippen LogP contribution in [0, 0.1) is 0 Å². The van der Waals surface area contributed by atoms with Gasteiger partial charge in [-0.05, 0) is 6.42 Å². The van der Waals surface area contributed by atoms with Crippen molar-refractivity contribution in [2.24, 2.45) is 0 Å². The third-order valence-corrected chi connectivity index (χ3v) is 3.88. The van der Waals surface area contributed by atoms with E-state index in [1.54, 1.807) is 0 Å². The van der Waals surface area contributed by atoms with Crippen LogP contribution < -0.4 is 0 Å². The number of hydrogen-bond acceptors (Lipinski definition) is 1. The molecule has 0 N–H and O–H groups in total. The molecule has 1 aliphatic carbocycles. The van der Waals surface area contributed by atoms with Crippen LogP contribution in [0.5, 0.6) is 0 Å². The minimum atomic E-state index is -5.66. The molecule has 0 aromatic rings. The van der Waals surface area contributed by atoms with Crippen LogP contribution in [0.4, 0.5) is 26.3 Å². The Kier molecular flexibility index (Phi) is 5.63. The van der Waals surface area contributed by atoms with Crippen LogP contribution in [0.1, 0.15) is 39.0 Å². The summed E-state index contributed by atoms with van der Waals surface area (Å²) < 4.78 is 83.4. The summed E-state index contributed by atoms with van der Waals surface area (Å²) in [6, 6.07) is 0. The topological polar surface area (TPSA) is 9.23 Å². The third kappa shape index (κ3) is 3.53. The molecular formula is C12H17ClF6O. The highest BCUT2D eigenvalue weighted by atomic mass is 35.5. The number of alkyl halides is 7. The molecule has 0 spiro atoms. The Labute approximate surface area is 118 Å². The molecule has 0 aliphatic heterocycles. The van der Waals surface area contributed by atoms with Crippen molar-refractivity contribution in [3.05, 3.63) is 0 Å². The van der Waals surface area contributed by atoms with E-state index >= 15 is 0 Å². The first kappa shape index (κ1) is 17.9. The van der Waals surface area contributed by atoms with E-state index in [2.05, 4.69) is 0 Å². The maximum Gasteiger partial charge on any atom is 0.428 e. The fourth-order valence-electron chi connectivity index (χ4n) is 2.16. The fourth-order valence-corrected chi connectivity index (χ4v) is 2.54. The third-order valence-electron chi connectivity index (χ3n) is 3.45. The van der Waals surface area contributed by atoms with Gasteiger partial charge < -0.3 is 4.74 Å². The van der Waals surface area contributed by atoms with E-state index in [9.17, 15) is 26.3 Å². The molecule has 1 saturated carbocycles. The molecule has 0 unspecified atom stereocenters. The zero-order chi connectivity index (χ0) is 15.6. The maximum absolute atomic E-state index is 13.7. The van der Waals surface area contributed by atoms with Crippen LogP contribution in [0.3, 0.4) is 0 Å². The predicted molar refractivity (Wildman–Crippen MR) is 63.0 cm³/mol. The van der Waals surface area contributed by atoms with E-state index in [4.69, 9.17) is 16.3 Å². The number of hydrogen-bond donors (Lipinski definition) is 0. The summed E-state index contributed by atoms with van der Waals surface area (Å²) in [5.41, 5.74) is -4.59. The van der Waals surface area contributed by atoms with Gasteiger partial charge in [0.1, 0.15) is 0 Å². The van der Waals surface area contributed by atoms with Gasteiger partial charge in [0.2, 0.25) is 0 Å². The lowest BCUT2D eigenvalue weighted by atomic mass is 9.80.